The molecule has 1 heterocycles. The average molecular weight is 264 g/mol. The van der Waals surface area contributed by atoms with Gasteiger partial charge in [-0.2, -0.15) is 0 Å². The molecular formula is C14H20N2O3. The van der Waals surface area contributed by atoms with Gasteiger partial charge in [-0.15, -0.1) is 0 Å². The Bertz CT molecular complexity index is 486. The molecule has 5 nitrogen and oxygen atoms in total. The molecule has 5 heteroatoms. The van der Waals surface area contributed by atoms with Crippen molar-refractivity contribution in [1.82, 2.24) is 4.98 Å². The normalized spacial score (nSPS) is 17.7. The number of carbonyl (C=O) groups is 1. The van der Waals surface area contributed by atoms with Gasteiger partial charge in [0.25, 0.3) is 5.91 Å². The third kappa shape index (κ3) is 2.71. The van der Waals surface area contributed by atoms with E-state index in [1.54, 1.807) is 26.4 Å². The van der Waals surface area contributed by atoms with Crippen molar-refractivity contribution in [3.63, 3.8) is 0 Å². The molecule has 1 N–H and O–H groups in total. The molecule has 0 spiro atoms. The number of hydrogen-bond donors (Lipinski definition) is 1. The molecule has 0 radical (unpaired) electrons. The van der Waals surface area contributed by atoms with Crippen LogP contribution in [0.1, 0.15) is 25.5 Å². The summed E-state index contributed by atoms with van der Waals surface area (Å²) in [6.07, 6.45) is 2.08. The zero-order valence-electron chi connectivity index (χ0n) is 11.8. The van der Waals surface area contributed by atoms with Gasteiger partial charge in [-0.25, -0.2) is 4.98 Å². The van der Waals surface area contributed by atoms with E-state index < -0.39 is 5.60 Å². The van der Waals surface area contributed by atoms with Crippen LogP contribution in [0.3, 0.4) is 0 Å². The number of aromatic nitrogens is 1. The van der Waals surface area contributed by atoms with E-state index in [4.69, 9.17) is 9.47 Å². The second kappa shape index (κ2) is 5.17. The fraction of sp³-hybridized carbons (Fsp3) is 0.571. The van der Waals surface area contributed by atoms with Gasteiger partial charge in [0.1, 0.15) is 5.60 Å². The number of methoxy groups -OCH3 is 2. The van der Waals surface area contributed by atoms with Crippen LogP contribution in [-0.4, -0.2) is 30.7 Å². The summed E-state index contributed by atoms with van der Waals surface area (Å²) >= 11 is 0. The number of aryl methyl sites for hydroxylation is 1. The van der Waals surface area contributed by atoms with Crippen LogP contribution in [0.25, 0.3) is 0 Å². The Morgan fingerprint density at radius 3 is 2.58 bits per heavy atom. The van der Waals surface area contributed by atoms with Gasteiger partial charge < -0.3 is 14.8 Å². The Balaban J connectivity index is 2.14. The smallest absolute Gasteiger partial charge is 0.256 e. The lowest BCUT2D eigenvalue weighted by Gasteiger charge is -2.27. The van der Waals surface area contributed by atoms with E-state index in [2.05, 4.69) is 10.3 Å². The summed E-state index contributed by atoms with van der Waals surface area (Å²) in [7, 11) is 3.14. The van der Waals surface area contributed by atoms with Crippen LogP contribution in [0, 0.1) is 12.8 Å². The van der Waals surface area contributed by atoms with Crippen LogP contribution in [0.5, 0.6) is 5.88 Å². The van der Waals surface area contributed by atoms with Gasteiger partial charge in [0.15, 0.2) is 0 Å². The van der Waals surface area contributed by atoms with E-state index >= 15 is 0 Å². The molecule has 1 aromatic heterocycles. The molecule has 0 unspecified atom stereocenters. The topological polar surface area (TPSA) is 60.5 Å². The largest absolute Gasteiger partial charge is 0.481 e. The van der Waals surface area contributed by atoms with E-state index in [0.717, 1.165) is 18.5 Å². The molecule has 1 atom stereocenters. The lowest BCUT2D eigenvalue weighted by atomic mass is 9.99. The van der Waals surface area contributed by atoms with Crippen molar-refractivity contribution in [2.75, 3.05) is 19.5 Å². The number of hydrogen-bond acceptors (Lipinski definition) is 4. The molecule has 1 fully saturated rings. The minimum atomic E-state index is -0.758. The highest BCUT2D eigenvalue weighted by Crippen LogP contribution is 2.42. The van der Waals surface area contributed by atoms with Crippen LogP contribution < -0.4 is 10.1 Å². The zero-order valence-corrected chi connectivity index (χ0v) is 11.8. The predicted molar refractivity (Wildman–Crippen MR) is 72.3 cm³/mol. The molecule has 1 aliphatic rings. The van der Waals surface area contributed by atoms with Crippen LogP contribution in [0.2, 0.25) is 0 Å². The number of amides is 1. The predicted octanol–water partition coefficient (Wildman–Crippen LogP) is 2.15. The van der Waals surface area contributed by atoms with Crippen LogP contribution in [0.15, 0.2) is 12.1 Å². The second-order valence-electron chi connectivity index (χ2n) is 5.03. The number of nitrogens with zero attached hydrogens (tertiary/aromatic N) is 1. The van der Waals surface area contributed by atoms with Gasteiger partial charge in [0, 0.05) is 13.2 Å². The van der Waals surface area contributed by atoms with Crippen molar-refractivity contribution < 1.29 is 14.3 Å². The van der Waals surface area contributed by atoms with Gasteiger partial charge in [-0.05, 0) is 38.7 Å². The lowest BCUT2D eigenvalue weighted by molar-refractivity contribution is -0.138. The quantitative estimate of drug-likeness (QED) is 0.885. The summed E-state index contributed by atoms with van der Waals surface area (Å²) in [6, 6.07) is 3.52. The summed E-state index contributed by atoms with van der Waals surface area (Å²) in [4.78, 5) is 16.6. The van der Waals surface area contributed by atoms with E-state index in [1.807, 2.05) is 13.8 Å². The number of anilines is 1. The minimum absolute atomic E-state index is 0.118. The average Bonchev–Trinajstić information content (AvgIpc) is 3.24. The van der Waals surface area contributed by atoms with Crippen molar-refractivity contribution in [2.45, 2.75) is 32.3 Å². The first-order chi connectivity index (χ1) is 9.01. The summed E-state index contributed by atoms with van der Waals surface area (Å²) < 4.78 is 10.5. The van der Waals surface area contributed by atoms with Gasteiger partial charge in [0.2, 0.25) is 5.88 Å². The molecule has 1 amide bonds. The van der Waals surface area contributed by atoms with Gasteiger partial charge in [-0.1, -0.05) is 0 Å². The highest BCUT2D eigenvalue weighted by molar-refractivity contribution is 5.98. The number of nitrogens with one attached hydrogen (secondary N) is 1. The van der Waals surface area contributed by atoms with Crippen molar-refractivity contribution in [3.05, 3.63) is 17.8 Å². The third-order valence-corrected chi connectivity index (χ3v) is 3.75. The summed E-state index contributed by atoms with van der Waals surface area (Å²) in [5.74, 6) is 0.726. The molecule has 1 saturated carbocycles. The molecule has 1 aliphatic carbocycles. The number of rotatable bonds is 5. The first kappa shape index (κ1) is 13.8. The monoisotopic (exact) mass is 264 g/mol. The van der Waals surface area contributed by atoms with E-state index in [-0.39, 0.29) is 5.91 Å². The third-order valence-electron chi connectivity index (χ3n) is 3.75. The molecule has 1 aromatic rings. The summed E-state index contributed by atoms with van der Waals surface area (Å²) in [6.45, 7) is 3.67. The lowest BCUT2D eigenvalue weighted by Crippen LogP contribution is -2.44. The van der Waals surface area contributed by atoms with Crippen molar-refractivity contribution in [2.24, 2.45) is 5.92 Å². The van der Waals surface area contributed by atoms with Crippen molar-refractivity contribution >= 4 is 11.6 Å². The molecule has 0 bridgehead atoms. The Morgan fingerprint density at radius 2 is 2.11 bits per heavy atom. The maximum absolute atomic E-state index is 12.4. The standard InChI is InChI=1S/C14H20N2O3/c1-9-11(7-8-12(15-9)18-3)16-13(17)14(2,19-4)10-5-6-10/h7-8,10H,5-6H2,1-4H3,(H,16,17)/t14-/m0/s1. The molecule has 0 aliphatic heterocycles. The Kier molecular flexibility index (Phi) is 3.75. The Hall–Kier alpha value is -1.62. The first-order valence-corrected chi connectivity index (χ1v) is 6.39. The first-order valence-electron chi connectivity index (χ1n) is 6.39. The van der Waals surface area contributed by atoms with Gasteiger partial charge in [0.05, 0.1) is 18.5 Å². The van der Waals surface area contributed by atoms with E-state index in [0.29, 0.717) is 17.5 Å². The Labute approximate surface area is 113 Å². The zero-order chi connectivity index (χ0) is 14.0. The van der Waals surface area contributed by atoms with Gasteiger partial charge >= 0.3 is 0 Å². The van der Waals surface area contributed by atoms with E-state index in [9.17, 15) is 4.79 Å². The fourth-order valence-corrected chi connectivity index (χ4v) is 2.11. The number of ether oxygens (including phenoxy) is 2. The minimum Gasteiger partial charge on any atom is -0.481 e. The van der Waals surface area contributed by atoms with Gasteiger partial charge in [-0.3, -0.25) is 4.79 Å². The molecule has 19 heavy (non-hydrogen) atoms. The molecular weight excluding hydrogens is 244 g/mol. The number of pyridine rings is 1. The molecule has 104 valence electrons. The Morgan fingerprint density at radius 1 is 1.42 bits per heavy atom. The van der Waals surface area contributed by atoms with E-state index in [1.165, 1.54) is 0 Å². The van der Waals surface area contributed by atoms with Crippen molar-refractivity contribution in [1.29, 1.82) is 0 Å². The van der Waals surface area contributed by atoms with Crippen molar-refractivity contribution in [3.8, 4) is 5.88 Å². The summed E-state index contributed by atoms with van der Waals surface area (Å²) in [5, 5.41) is 2.89. The molecule has 2 rings (SSSR count). The van der Waals surface area contributed by atoms with Crippen LogP contribution >= 0.6 is 0 Å². The highest BCUT2D eigenvalue weighted by atomic mass is 16.5. The number of carbonyl (C=O) groups excluding carboxylic acids is 1. The SMILES string of the molecule is COc1ccc(NC(=O)[C@@](C)(OC)C2CC2)c(C)n1. The van der Waals surface area contributed by atoms with Crippen LogP contribution in [-0.2, 0) is 9.53 Å². The second-order valence-corrected chi connectivity index (χ2v) is 5.03. The highest BCUT2D eigenvalue weighted by Gasteiger charge is 2.47. The van der Waals surface area contributed by atoms with Crippen LogP contribution in [0.4, 0.5) is 5.69 Å². The maximum atomic E-state index is 12.4. The molecule has 0 saturated heterocycles. The fourth-order valence-electron chi connectivity index (χ4n) is 2.11. The summed E-state index contributed by atoms with van der Waals surface area (Å²) in [5.41, 5.74) is 0.656. The maximum Gasteiger partial charge on any atom is 0.256 e. The molecule has 0 aromatic carbocycles.